The summed E-state index contributed by atoms with van der Waals surface area (Å²) in [7, 11) is 0. The molecule has 24 heavy (non-hydrogen) atoms. The van der Waals surface area contributed by atoms with Crippen LogP contribution in [0.5, 0.6) is 0 Å². The lowest BCUT2D eigenvalue weighted by atomic mass is 9.79. The van der Waals surface area contributed by atoms with Gasteiger partial charge in [0.1, 0.15) is 5.69 Å². The molecule has 0 aliphatic carbocycles. The second-order valence-corrected chi connectivity index (χ2v) is 6.75. The van der Waals surface area contributed by atoms with Crippen LogP contribution in [0.3, 0.4) is 0 Å². The second-order valence-electron chi connectivity index (χ2n) is 6.75. The average molecular weight is 328 g/mol. The molecule has 0 radical (unpaired) electrons. The fourth-order valence-electron chi connectivity index (χ4n) is 4.05. The Morgan fingerprint density at radius 2 is 2.12 bits per heavy atom. The van der Waals surface area contributed by atoms with E-state index in [1.54, 1.807) is 18.2 Å². The number of hydrogen-bond acceptors (Lipinski definition) is 3. The number of amides is 1. The number of rotatable bonds is 3. The first-order valence-corrected chi connectivity index (χ1v) is 8.47. The van der Waals surface area contributed by atoms with Crippen LogP contribution in [0.4, 0.5) is 4.39 Å². The van der Waals surface area contributed by atoms with Gasteiger partial charge in [0.05, 0.1) is 6.20 Å². The molecule has 2 atom stereocenters. The molecule has 2 aromatic rings. The average Bonchev–Trinajstić information content (AvgIpc) is 3.09. The molecule has 3 aliphatic heterocycles. The minimum absolute atomic E-state index is 0.124. The molecule has 2 N–H and O–H groups in total. The highest BCUT2D eigenvalue weighted by Gasteiger charge is 2.40. The molecule has 2 aromatic heterocycles. The molecule has 3 saturated heterocycles. The Morgan fingerprint density at radius 1 is 1.33 bits per heavy atom. The number of pyridine rings is 1. The van der Waals surface area contributed by atoms with Crippen LogP contribution in [0.1, 0.15) is 30.3 Å². The predicted molar refractivity (Wildman–Crippen MR) is 89.0 cm³/mol. The number of nitrogens with one attached hydrogen (secondary N) is 2. The number of nitrogens with zero attached hydrogens (tertiary/aromatic N) is 2. The third-order valence-corrected chi connectivity index (χ3v) is 5.47. The molecular formula is C18H21FN4O. The van der Waals surface area contributed by atoms with Gasteiger partial charge in [0, 0.05) is 29.5 Å². The van der Waals surface area contributed by atoms with Gasteiger partial charge in [-0.15, -0.1) is 0 Å². The van der Waals surface area contributed by atoms with Gasteiger partial charge in [-0.3, -0.25) is 14.7 Å². The van der Waals surface area contributed by atoms with Crippen molar-refractivity contribution in [3.63, 3.8) is 0 Å². The third kappa shape index (κ3) is 2.60. The molecule has 5 nitrogen and oxygen atoms in total. The van der Waals surface area contributed by atoms with Crippen molar-refractivity contribution in [1.29, 1.82) is 0 Å². The van der Waals surface area contributed by atoms with Crippen molar-refractivity contribution in [3.8, 4) is 11.3 Å². The van der Waals surface area contributed by atoms with Gasteiger partial charge in [0.15, 0.2) is 5.82 Å². The zero-order chi connectivity index (χ0) is 16.7. The van der Waals surface area contributed by atoms with E-state index in [0.717, 1.165) is 25.9 Å². The van der Waals surface area contributed by atoms with Crippen molar-refractivity contribution in [2.75, 3.05) is 13.1 Å². The Morgan fingerprint density at radius 3 is 2.83 bits per heavy atom. The number of carbonyl (C=O) groups is 1. The summed E-state index contributed by atoms with van der Waals surface area (Å²) in [6, 6.07) is 5.58. The lowest BCUT2D eigenvalue weighted by Gasteiger charge is -2.49. The number of piperidine rings is 3. The summed E-state index contributed by atoms with van der Waals surface area (Å²) < 4.78 is 13.8. The van der Waals surface area contributed by atoms with Gasteiger partial charge < -0.3 is 10.3 Å². The maximum absolute atomic E-state index is 13.8. The number of carbonyl (C=O) groups excluding carboxylic acids is 1. The van der Waals surface area contributed by atoms with Crippen molar-refractivity contribution in [3.05, 3.63) is 42.1 Å². The van der Waals surface area contributed by atoms with Crippen LogP contribution >= 0.6 is 0 Å². The summed E-state index contributed by atoms with van der Waals surface area (Å²) in [5.74, 6) is 0.0275. The molecule has 3 fully saturated rings. The van der Waals surface area contributed by atoms with Gasteiger partial charge in [-0.25, -0.2) is 4.39 Å². The van der Waals surface area contributed by atoms with Crippen molar-refractivity contribution < 1.29 is 9.18 Å². The van der Waals surface area contributed by atoms with Crippen LogP contribution < -0.4 is 5.32 Å². The number of aromatic amines is 1. The molecule has 2 bridgehead atoms. The van der Waals surface area contributed by atoms with Gasteiger partial charge in [0.2, 0.25) is 0 Å². The summed E-state index contributed by atoms with van der Waals surface area (Å²) in [6.45, 7) is 4.45. The van der Waals surface area contributed by atoms with E-state index >= 15 is 0 Å². The van der Waals surface area contributed by atoms with Crippen LogP contribution in [-0.4, -0.2) is 45.9 Å². The molecular weight excluding hydrogens is 307 g/mol. The van der Waals surface area contributed by atoms with E-state index in [2.05, 4.69) is 27.1 Å². The molecule has 0 spiro atoms. The van der Waals surface area contributed by atoms with Crippen LogP contribution in [0.25, 0.3) is 11.3 Å². The first-order chi connectivity index (χ1) is 11.6. The highest BCUT2D eigenvalue weighted by Crippen LogP contribution is 2.32. The van der Waals surface area contributed by atoms with E-state index < -0.39 is 5.82 Å². The molecule has 126 valence electrons. The lowest BCUT2D eigenvalue weighted by Crippen LogP contribution is -2.62. The monoisotopic (exact) mass is 328 g/mol. The fraction of sp³-hybridized carbons (Fsp3) is 0.444. The SMILES string of the molecule is C[C@H]1[C@H](NC(=O)c2ccc(-c3ccncc3F)[nH]2)C2CCN1CC2. The maximum atomic E-state index is 13.8. The van der Waals surface area contributed by atoms with Crippen LogP contribution in [0.2, 0.25) is 0 Å². The Bertz CT molecular complexity index is 749. The van der Waals surface area contributed by atoms with Crippen molar-refractivity contribution in [1.82, 2.24) is 20.2 Å². The molecule has 6 heteroatoms. The topological polar surface area (TPSA) is 61.0 Å². The van der Waals surface area contributed by atoms with E-state index in [9.17, 15) is 9.18 Å². The van der Waals surface area contributed by atoms with Gasteiger partial charge in [0.25, 0.3) is 5.91 Å². The van der Waals surface area contributed by atoms with Gasteiger partial charge in [-0.2, -0.15) is 0 Å². The first kappa shape index (κ1) is 15.3. The molecule has 5 rings (SSSR count). The van der Waals surface area contributed by atoms with E-state index in [-0.39, 0.29) is 11.9 Å². The summed E-state index contributed by atoms with van der Waals surface area (Å²) in [4.78, 5) is 21.8. The highest BCUT2D eigenvalue weighted by molar-refractivity contribution is 5.93. The minimum Gasteiger partial charge on any atom is -0.350 e. The van der Waals surface area contributed by atoms with Crippen molar-refractivity contribution in [2.24, 2.45) is 5.92 Å². The Kier molecular flexibility index (Phi) is 3.84. The number of aromatic nitrogens is 2. The Balaban J connectivity index is 1.51. The fourth-order valence-corrected chi connectivity index (χ4v) is 4.05. The summed E-state index contributed by atoms with van der Waals surface area (Å²) >= 11 is 0. The van der Waals surface area contributed by atoms with Gasteiger partial charge in [-0.05, 0) is 57.0 Å². The number of fused-ring (bicyclic) bond motifs is 3. The molecule has 0 aromatic carbocycles. The molecule has 1 amide bonds. The van der Waals surface area contributed by atoms with Gasteiger partial charge >= 0.3 is 0 Å². The lowest BCUT2D eigenvalue weighted by molar-refractivity contribution is 0.0216. The first-order valence-electron chi connectivity index (χ1n) is 8.47. The van der Waals surface area contributed by atoms with Crippen LogP contribution in [0, 0.1) is 11.7 Å². The second kappa shape index (κ2) is 6.02. The number of halogens is 1. The van der Waals surface area contributed by atoms with Gasteiger partial charge in [-0.1, -0.05) is 0 Å². The largest absolute Gasteiger partial charge is 0.350 e. The van der Waals surface area contributed by atoms with E-state index in [1.807, 2.05) is 0 Å². The molecule has 3 aliphatic rings. The minimum atomic E-state index is -0.405. The van der Waals surface area contributed by atoms with E-state index in [4.69, 9.17) is 0 Å². The Hall–Kier alpha value is -2.21. The quantitative estimate of drug-likeness (QED) is 0.910. The summed E-state index contributed by atoms with van der Waals surface area (Å²) in [5.41, 5.74) is 1.46. The standard InChI is InChI=1S/C18H21FN4O/c1-11-17(12-5-8-23(11)9-6-12)22-18(24)16-3-2-15(21-16)13-4-7-20-10-14(13)19/h2-4,7,10-12,17,21H,5-6,8-9H2,1H3,(H,22,24)/t11-,17-/m0/s1. The summed E-state index contributed by atoms with van der Waals surface area (Å²) in [6.07, 6.45) is 5.00. The summed E-state index contributed by atoms with van der Waals surface area (Å²) in [5, 5.41) is 3.18. The zero-order valence-electron chi connectivity index (χ0n) is 13.6. The molecule has 0 unspecified atom stereocenters. The normalized spacial score (nSPS) is 28.8. The maximum Gasteiger partial charge on any atom is 0.267 e. The smallest absolute Gasteiger partial charge is 0.267 e. The predicted octanol–water partition coefficient (Wildman–Crippen LogP) is 2.43. The van der Waals surface area contributed by atoms with Crippen molar-refractivity contribution >= 4 is 5.91 Å². The van der Waals surface area contributed by atoms with E-state index in [0.29, 0.717) is 28.9 Å². The third-order valence-electron chi connectivity index (χ3n) is 5.47. The Labute approximate surface area is 140 Å². The number of hydrogen-bond donors (Lipinski definition) is 2. The molecule has 0 saturated carbocycles. The zero-order valence-corrected chi connectivity index (χ0v) is 13.6. The van der Waals surface area contributed by atoms with Crippen LogP contribution in [-0.2, 0) is 0 Å². The van der Waals surface area contributed by atoms with Crippen LogP contribution in [0.15, 0.2) is 30.6 Å². The van der Waals surface area contributed by atoms with Crippen molar-refractivity contribution in [2.45, 2.75) is 31.8 Å². The molecule has 5 heterocycles. The highest BCUT2D eigenvalue weighted by atomic mass is 19.1. The van der Waals surface area contributed by atoms with E-state index in [1.165, 1.54) is 12.4 Å². The number of H-pyrrole nitrogens is 1.